The first-order valence-corrected chi connectivity index (χ1v) is 10.8. The van der Waals surface area contributed by atoms with Gasteiger partial charge in [0, 0.05) is 17.8 Å². The van der Waals surface area contributed by atoms with E-state index in [1.54, 1.807) is 23.1 Å². The van der Waals surface area contributed by atoms with Crippen LogP contribution in [0.5, 0.6) is 11.5 Å². The zero-order valence-electron chi connectivity index (χ0n) is 18.9. The molecule has 0 aliphatic carbocycles. The predicted molar refractivity (Wildman–Crippen MR) is 125 cm³/mol. The minimum Gasteiger partial charge on any atom is -0.490 e. The van der Waals surface area contributed by atoms with Crippen molar-refractivity contribution in [2.24, 2.45) is 0 Å². The summed E-state index contributed by atoms with van der Waals surface area (Å²) in [6, 6.07) is 15.2. The fraction of sp³-hybridized carbons (Fsp3) is 0.240. The van der Waals surface area contributed by atoms with Crippen molar-refractivity contribution in [2.45, 2.75) is 27.3 Å². The monoisotopic (exact) mass is 446 g/mol. The quantitative estimate of drug-likeness (QED) is 0.391. The highest BCUT2D eigenvalue weighted by atomic mass is 16.5. The number of aryl methyl sites for hydroxylation is 1. The smallest absolute Gasteiger partial charge is 0.277 e. The number of benzene rings is 2. The van der Waals surface area contributed by atoms with E-state index in [1.807, 2.05) is 63.2 Å². The largest absolute Gasteiger partial charge is 0.490 e. The van der Waals surface area contributed by atoms with Gasteiger partial charge in [-0.05, 0) is 38.5 Å². The maximum absolute atomic E-state index is 12.6. The highest BCUT2D eigenvalue weighted by molar-refractivity contribution is 6.03. The van der Waals surface area contributed by atoms with Crippen LogP contribution < -0.4 is 14.8 Å². The van der Waals surface area contributed by atoms with Crippen molar-refractivity contribution >= 4 is 11.6 Å². The van der Waals surface area contributed by atoms with Crippen LogP contribution in [-0.2, 0) is 6.54 Å². The summed E-state index contributed by atoms with van der Waals surface area (Å²) < 4.78 is 18.4. The number of amides is 1. The van der Waals surface area contributed by atoms with Crippen LogP contribution in [0.2, 0.25) is 0 Å². The first-order chi connectivity index (χ1) is 16.1. The van der Waals surface area contributed by atoms with Crippen molar-refractivity contribution in [3.63, 3.8) is 0 Å². The van der Waals surface area contributed by atoms with Crippen molar-refractivity contribution in [2.75, 3.05) is 18.5 Å². The Balaban J connectivity index is 1.41. The average Bonchev–Trinajstić information content (AvgIpc) is 3.46. The number of hydrogen-bond donors (Lipinski definition) is 1. The number of aromatic nitrogens is 3. The minimum atomic E-state index is -0.364. The Morgan fingerprint density at radius 3 is 2.55 bits per heavy atom. The van der Waals surface area contributed by atoms with Gasteiger partial charge in [0.25, 0.3) is 5.91 Å². The van der Waals surface area contributed by atoms with Gasteiger partial charge in [-0.15, -0.1) is 0 Å². The SMILES string of the molecule is CCOc1ccc(Cn2cc(NC(=O)c3cc(-c4ccc(C)cc4)on3)cn2)cc1OCC. The lowest BCUT2D eigenvalue weighted by molar-refractivity contribution is 0.101. The van der Waals surface area contributed by atoms with Gasteiger partial charge in [0.15, 0.2) is 23.0 Å². The third-order valence-corrected chi connectivity index (χ3v) is 4.92. The van der Waals surface area contributed by atoms with E-state index in [0.717, 1.165) is 16.7 Å². The third kappa shape index (κ3) is 5.41. The molecule has 0 atom stereocenters. The molecule has 0 radical (unpaired) electrons. The second-order valence-corrected chi connectivity index (χ2v) is 7.47. The van der Waals surface area contributed by atoms with Crippen molar-refractivity contribution < 1.29 is 18.8 Å². The van der Waals surface area contributed by atoms with Crippen LogP contribution in [-0.4, -0.2) is 34.1 Å². The van der Waals surface area contributed by atoms with E-state index in [9.17, 15) is 4.79 Å². The van der Waals surface area contributed by atoms with Gasteiger partial charge in [0.2, 0.25) is 0 Å². The van der Waals surface area contributed by atoms with Crippen LogP contribution in [0.3, 0.4) is 0 Å². The fourth-order valence-corrected chi connectivity index (χ4v) is 3.33. The fourth-order valence-electron chi connectivity index (χ4n) is 3.33. The summed E-state index contributed by atoms with van der Waals surface area (Å²) in [4.78, 5) is 12.6. The molecule has 170 valence electrons. The van der Waals surface area contributed by atoms with Crippen LogP contribution in [0.4, 0.5) is 5.69 Å². The van der Waals surface area contributed by atoms with Crippen LogP contribution >= 0.6 is 0 Å². The number of ether oxygens (including phenoxy) is 2. The van der Waals surface area contributed by atoms with Crippen LogP contribution in [0.1, 0.15) is 35.5 Å². The molecule has 0 spiro atoms. The molecule has 0 aliphatic rings. The second kappa shape index (κ2) is 10.0. The Labute approximate surface area is 192 Å². The van der Waals surface area contributed by atoms with Crippen molar-refractivity contribution in [3.8, 4) is 22.8 Å². The summed E-state index contributed by atoms with van der Waals surface area (Å²) in [5, 5.41) is 11.0. The molecule has 0 aliphatic heterocycles. The number of nitrogens with zero attached hydrogens (tertiary/aromatic N) is 3. The summed E-state index contributed by atoms with van der Waals surface area (Å²) in [6.07, 6.45) is 3.35. The highest BCUT2D eigenvalue weighted by Gasteiger charge is 2.15. The number of anilines is 1. The van der Waals surface area contributed by atoms with Crippen molar-refractivity contribution in [3.05, 3.63) is 77.7 Å². The maximum atomic E-state index is 12.6. The third-order valence-electron chi connectivity index (χ3n) is 4.92. The molecule has 2 aromatic carbocycles. The summed E-state index contributed by atoms with van der Waals surface area (Å²) in [5.41, 5.74) is 3.78. The molecular formula is C25H26N4O4. The van der Waals surface area contributed by atoms with E-state index in [4.69, 9.17) is 14.0 Å². The minimum absolute atomic E-state index is 0.200. The lowest BCUT2D eigenvalue weighted by Crippen LogP contribution is -2.11. The zero-order chi connectivity index (χ0) is 23.2. The Morgan fingerprint density at radius 2 is 1.79 bits per heavy atom. The molecule has 1 N–H and O–H groups in total. The van der Waals surface area contributed by atoms with E-state index in [2.05, 4.69) is 15.6 Å². The van der Waals surface area contributed by atoms with Gasteiger partial charge < -0.3 is 19.3 Å². The number of nitrogens with one attached hydrogen (secondary N) is 1. The normalized spacial score (nSPS) is 10.8. The van der Waals surface area contributed by atoms with Crippen LogP contribution in [0.15, 0.2) is 65.4 Å². The van der Waals surface area contributed by atoms with Gasteiger partial charge in [-0.3, -0.25) is 9.48 Å². The number of carbonyl (C=O) groups is 1. The van der Waals surface area contributed by atoms with Gasteiger partial charge in [0.05, 0.1) is 31.6 Å². The molecule has 8 nitrogen and oxygen atoms in total. The lowest BCUT2D eigenvalue weighted by atomic mass is 10.1. The molecule has 2 aromatic heterocycles. The van der Waals surface area contributed by atoms with Gasteiger partial charge in [-0.2, -0.15) is 5.10 Å². The first-order valence-electron chi connectivity index (χ1n) is 10.8. The topological polar surface area (TPSA) is 91.4 Å². The van der Waals surface area contributed by atoms with Gasteiger partial charge in [-0.1, -0.05) is 41.1 Å². The molecule has 0 bridgehead atoms. The highest BCUT2D eigenvalue weighted by Crippen LogP contribution is 2.29. The van der Waals surface area contributed by atoms with Crippen molar-refractivity contribution in [1.82, 2.24) is 14.9 Å². The molecule has 0 saturated carbocycles. The Morgan fingerprint density at radius 1 is 1.03 bits per heavy atom. The number of carbonyl (C=O) groups excluding carboxylic acids is 1. The van der Waals surface area contributed by atoms with E-state index in [1.165, 1.54) is 0 Å². The Hall–Kier alpha value is -4.07. The Kier molecular flexibility index (Phi) is 6.73. The zero-order valence-corrected chi connectivity index (χ0v) is 18.9. The van der Waals surface area contributed by atoms with Crippen LogP contribution in [0, 0.1) is 6.92 Å². The number of rotatable bonds is 9. The molecule has 8 heteroatoms. The van der Waals surface area contributed by atoms with Crippen molar-refractivity contribution in [1.29, 1.82) is 0 Å². The Bertz CT molecular complexity index is 1230. The molecule has 0 saturated heterocycles. The molecular weight excluding hydrogens is 420 g/mol. The maximum Gasteiger partial charge on any atom is 0.277 e. The van der Waals surface area contributed by atoms with E-state index in [0.29, 0.717) is 42.7 Å². The predicted octanol–water partition coefficient (Wildman–Crippen LogP) is 4.94. The molecule has 1 amide bonds. The van der Waals surface area contributed by atoms with E-state index >= 15 is 0 Å². The molecule has 4 aromatic rings. The van der Waals surface area contributed by atoms with Gasteiger partial charge in [0.1, 0.15) is 0 Å². The summed E-state index contributed by atoms with van der Waals surface area (Å²) in [7, 11) is 0. The molecule has 0 fully saturated rings. The molecule has 2 heterocycles. The molecule has 33 heavy (non-hydrogen) atoms. The average molecular weight is 447 g/mol. The van der Waals surface area contributed by atoms with E-state index < -0.39 is 0 Å². The summed E-state index contributed by atoms with van der Waals surface area (Å²) >= 11 is 0. The van der Waals surface area contributed by atoms with Gasteiger partial charge >= 0.3 is 0 Å². The lowest BCUT2D eigenvalue weighted by Gasteiger charge is -2.12. The standard InChI is InChI=1S/C25H26N4O4/c1-4-31-22-11-8-18(12-24(22)32-5-2)15-29-16-20(14-26-29)27-25(30)21-13-23(33-28-21)19-9-6-17(3)7-10-19/h6-14,16H,4-5,15H2,1-3H3,(H,27,30). The first kappa shape index (κ1) is 22.1. The molecule has 0 unspecified atom stereocenters. The second-order valence-electron chi connectivity index (χ2n) is 7.47. The molecule has 4 rings (SSSR count). The number of hydrogen-bond acceptors (Lipinski definition) is 6. The summed E-state index contributed by atoms with van der Waals surface area (Å²) in [5.74, 6) is 1.59. The summed E-state index contributed by atoms with van der Waals surface area (Å²) in [6.45, 7) is 7.52. The van der Waals surface area contributed by atoms with Gasteiger partial charge in [-0.25, -0.2) is 0 Å². The van der Waals surface area contributed by atoms with E-state index in [-0.39, 0.29) is 11.6 Å². The van der Waals surface area contributed by atoms with Crippen LogP contribution in [0.25, 0.3) is 11.3 Å².